The van der Waals surface area contributed by atoms with Crippen molar-refractivity contribution in [1.29, 1.82) is 0 Å². The summed E-state index contributed by atoms with van der Waals surface area (Å²) >= 11 is 1.18. The second-order valence-corrected chi connectivity index (χ2v) is 11.2. The Morgan fingerprint density at radius 2 is 2.04 bits per heavy atom. The van der Waals surface area contributed by atoms with E-state index in [1.165, 1.54) is 28.9 Å². The molecule has 0 amide bonds. The molecule has 1 atom stereocenters. The predicted molar refractivity (Wildman–Crippen MR) is 102 cm³/mol. The summed E-state index contributed by atoms with van der Waals surface area (Å²) in [6.45, 7) is 2.52. The van der Waals surface area contributed by atoms with Gasteiger partial charge in [0.1, 0.15) is 14.0 Å². The summed E-state index contributed by atoms with van der Waals surface area (Å²) in [5.74, 6) is 0.600. The lowest BCUT2D eigenvalue weighted by Gasteiger charge is -2.20. The predicted octanol–water partition coefficient (Wildman–Crippen LogP) is 0.357. The van der Waals surface area contributed by atoms with Crippen LogP contribution in [0.2, 0.25) is 0 Å². The molecule has 0 saturated carbocycles. The molecule has 1 aromatic heterocycles. The average Bonchev–Trinajstić information content (AvgIpc) is 3.06. The lowest BCUT2D eigenvalue weighted by molar-refractivity contribution is 0.470. The molecule has 0 aromatic carbocycles. The standard InChI is InChI=1S/C14H26N4O4S3/c1-12(7-11-24(4,19)20)17-14(15-2)16-8-9-18(3)25(21,22)13-6-5-10-23-13/h5-6,10,12H,7-9,11H2,1-4H3,(H2,15,16,17). The van der Waals surface area contributed by atoms with Gasteiger partial charge < -0.3 is 10.6 Å². The van der Waals surface area contributed by atoms with Crippen LogP contribution in [-0.2, 0) is 19.9 Å². The second-order valence-electron chi connectivity index (χ2n) is 5.72. The van der Waals surface area contributed by atoms with Gasteiger partial charge in [-0.1, -0.05) is 6.07 Å². The first-order valence-electron chi connectivity index (χ1n) is 7.71. The van der Waals surface area contributed by atoms with Crippen LogP contribution in [0.25, 0.3) is 0 Å². The van der Waals surface area contributed by atoms with Crippen LogP contribution in [-0.4, -0.2) is 72.3 Å². The minimum Gasteiger partial charge on any atom is -0.355 e. The van der Waals surface area contributed by atoms with Crippen molar-refractivity contribution in [2.24, 2.45) is 4.99 Å². The number of hydrogen-bond acceptors (Lipinski definition) is 6. The summed E-state index contributed by atoms with van der Waals surface area (Å²) in [6.07, 6.45) is 1.67. The Hall–Kier alpha value is -1.17. The molecule has 1 aromatic rings. The Labute approximate surface area is 154 Å². The molecule has 0 aliphatic carbocycles. The highest BCUT2D eigenvalue weighted by Gasteiger charge is 2.21. The van der Waals surface area contributed by atoms with E-state index in [1.54, 1.807) is 24.6 Å². The van der Waals surface area contributed by atoms with E-state index in [0.29, 0.717) is 23.1 Å². The van der Waals surface area contributed by atoms with Gasteiger partial charge in [-0.2, -0.15) is 4.31 Å². The third-order valence-corrected chi connectivity index (χ3v) is 7.61. The molecular weight excluding hydrogens is 384 g/mol. The molecule has 8 nitrogen and oxygen atoms in total. The molecule has 0 aliphatic heterocycles. The maximum atomic E-state index is 12.3. The van der Waals surface area contributed by atoms with E-state index >= 15 is 0 Å². The van der Waals surface area contributed by atoms with Crippen molar-refractivity contribution in [3.63, 3.8) is 0 Å². The van der Waals surface area contributed by atoms with Crippen molar-refractivity contribution in [2.75, 3.05) is 39.2 Å². The number of guanidine groups is 1. The Morgan fingerprint density at radius 1 is 1.36 bits per heavy atom. The fourth-order valence-corrected chi connectivity index (χ4v) is 5.06. The van der Waals surface area contributed by atoms with Gasteiger partial charge >= 0.3 is 0 Å². The first-order chi connectivity index (χ1) is 11.6. The zero-order valence-corrected chi connectivity index (χ0v) is 17.3. The van der Waals surface area contributed by atoms with Crippen LogP contribution in [0.1, 0.15) is 13.3 Å². The molecule has 1 heterocycles. The summed E-state index contributed by atoms with van der Waals surface area (Å²) in [6, 6.07) is 3.20. The summed E-state index contributed by atoms with van der Waals surface area (Å²) < 4.78 is 48.6. The highest BCUT2D eigenvalue weighted by atomic mass is 32.2. The summed E-state index contributed by atoms with van der Waals surface area (Å²) in [5.41, 5.74) is 0. The van der Waals surface area contributed by atoms with E-state index < -0.39 is 19.9 Å². The van der Waals surface area contributed by atoms with Gasteiger partial charge in [0, 0.05) is 39.5 Å². The number of rotatable bonds is 9. The molecule has 144 valence electrons. The van der Waals surface area contributed by atoms with Gasteiger partial charge in [0.15, 0.2) is 5.96 Å². The van der Waals surface area contributed by atoms with Crippen LogP contribution >= 0.6 is 11.3 Å². The second kappa shape index (κ2) is 9.51. The quantitative estimate of drug-likeness (QED) is 0.449. The van der Waals surface area contributed by atoms with Crippen LogP contribution in [0.3, 0.4) is 0 Å². The number of hydrogen-bond donors (Lipinski definition) is 2. The third-order valence-electron chi connectivity index (χ3n) is 3.41. The van der Waals surface area contributed by atoms with Gasteiger partial charge in [-0.15, -0.1) is 11.3 Å². The fourth-order valence-electron chi connectivity index (χ4n) is 1.91. The number of sulfone groups is 1. The van der Waals surface area contributed by atoms with Crippen LogP contribution in [0, 0.1) is 0 Å². The molecule has 0 saturated heterocycles. The van der Waals surface area contributed by atoms with E-state index in [4.69, 9.17) is 0 Å². The smallest absolute Gasteiger partial charge is 0.252 e. The number of thiophene rings is 1. The van der Waals surface area contributed by atoms with Crippen molar-refractivity contribution in [2.45, 2.75) is 23.6 Å². The first kappa shape index (κ1) is 21.9. The van der Waals surface area contributed by atoms with Crippen molar-refractivity contribution >= 4 is 37.2 Å². The van der Waals surface area contributed by atoms with Gasteiger partial charge in [-0.05, 0) is 24.8 Å². The largest absolute Gasteiger partial charge is 0.355 e. The molecule has 1 unspecified atom stereocenters. The van der Waals surface area contributed by atoms with E-state index in [1.807, 2.05) is 6.92 Å². The van der Waals surface area contributed by atoms with Crippen LogP contribution in [0.15, 0.2) is 26.7 Å². The van der Waals surface area contributed by atoms with E-state index in [0.717, 1.165) is 0 Å². The highest BCUT2D eigenvalue weighted by molar-refractivity contribution is 7.91. The SMILES string of the molecule is CN=C(NCCN(C)S(=O)(=O)c1cccs1)NC(C)CCS(C)(=O)=O. The normalized spacial score (nSPS) is 14.5. The molecule has 0 aliphatic rings. The van der Waals surface area contributed by atoms with Crippen molar-refractivity contribution in [3.8, 4) is 0 Å². The third kappa shape index (κ3) is 7.72. The molecule has 0 radical (unpaired) electrons. The maximum absolute atomic E-state index is 12.3. The molecule has 2 N–H and O–H groups in total. The zero-order chi connectivity index (χ0) is 19.1. The van der Waals surface area contributed by atoms with Gasteiger partial charge in [-0.3, -0.25) is 4.99 Å². The van der Waals surface area contributed by atoms with E-state index in [9.17, 15) is 16.8 Å². The summed E-state index contributed by atoms with van der Waals surface area (Å²) in [7, 11) is -3.33. The number of aliphatic imine (C=N–C) groups is 1. The average molecular weight is 411 g/mol. The Kier molecular flexibility index (Phi) is 8.32. The first-order valence-corrected chi connectivity index (χ1v) is 12.1. The van der Waals surface area contributed by atoms with Gasteiger partial charge in [0.25, 0.3) is 10.0 Å². The number of nitrogens with one attached hydrogen (secondary N) is 2. The van der Waals surface area contributed by atoms with Gasteiger partial charge in [0.05, 0.1) is 5.75 Å². The van der Waals surface area contributed by atoms with Crippen molar-refractivity contribution in [3.05, 3.63) is 17.5 Å². The molecule has 0 spiro atoms. The monoisotopic (exact) mass is 410 g/mol. The highest BCUT2D eigenvalue weighted by Crippen LogP contribution is 2.19. The minimum absolute atomic E-state index is 0.0755. The topological polar surface area (TPSA) is 108 Å². The van der Waals surface area contributed by atoms with Crippen LogP contribution in [0.4, 0.5) is 0 Å². The maximum Gasteiger partial charge on any atom is 0.252 e. The molecular formula is C14H26N4O4S3. The van der Waals surface area contributed by atoms with Crippen molar-refractivity contribution in [1.82, 2.24) is 14.9 Å². The molecule has 11 heteroatoms. The molecule has 0 bridgehead atoms. The fraction of sp³-hybridized carbons (Fsp3) is 0.643. The summed E-state index contributed by atoms with van der Waals surface area (Å²) in [4.78, 5) is 4.06. The number of sulfonamides is 1. The van der Waals surface area contributed by atoms with Gasteiger partial charge in [-0.25, -0.2) is 16.8 Å². The van der Waals surface area contributed by atoms with E-state index in [2.05, 4.69) is 15.6 Å². The molecule has 1 rings (SSSR count). The van der Waals surface area contributed by atoms with Crippen molar-refractivity contribution < 1.29 is 16.8 Å². The molecule has 0 fully saturated rings. The van der Waals surface area contributed by atoms with E-state index in [-0.39, 0.29) is 18.3 Å². The minimum atomic E-state index is -3.46. The van der Waals surface area contributed by atoms with Crippen LogP contribution in [0.5, 0.6) is 0 Å². The number of likely N-dealkylation sites (N-methyl/N-ethyl adjacent to an activating group) is 1. The molecule has 25 heavy (non-hydrogen) atoms. The zero-order valence-electron chi connectivity index (χ0n) is 14.9. The van der Waals surface area contributed by atoms with Crippen LogP contribution < -0.4 is 10.6 Å². The summed E-state index contributed by atoms with van der Waals surface area (Å²) in [5, 5.41) is 7.85. The Morgan fingerprint density at radius 3 is 2.56 bits per heavy atom. The lowest BCUT2D eigenvalue weighted by Crippen LogP contribution is -2.45. The lowest BCUT2D eigenvalue weighted by atomic mass is 10.3. The van der Waals surface area contributed by atoms with Gasteiger partial charge in [0.2, 0.25) is 0 Å². The number of nitrogens with zero attached hydrogens (tertiary/aromatic N) is 2. The Bertz CT molecular complexity index is 758. The Balaban J connectivity index is 2.45.